The van der Waals surface area contributed by atoms with E-state index in [0.29, 0.717) is 22.3 Å². The first-order chi connectivity index (χ1) is 20.2. The standard InChI is InChI=1S/C38H24O3/c39-35(25-13-5-1-6-14-25)31-21-29-23-33-34(24-30(29)22-32(31)36(40)26-15-7-2-8-16-26)38(28-19-11-4-12-20-28)41-37(33)27-17-9-3-10-18-27/h1-24H. The summed E-state index contributed by atoms with van der Waals surface area (Å²) >= 11 is 0. The predicted molar refractivity (Wildman–Crippen MR) is 164 cm³/mol. The van der Waals surface area contributed by atoms with Gasteiger partial charge < -0.3 is 4.42 Å². The average Bonchev–Trinajstić information content (AvgIpc) is 3.42. The minimum atomic E-state index is -0.188. The topological polar surface area (TPSA) is 47.3 Å². The van der Waals surface area contributed by atoms with E-state index in [2.05, 4.69) is 12.1 Å². The summed E-state index contributed by atoms with van der Waals surface area (Å²) in [5.74, 6) is 1.16. The lowest BCUT2D eigenvalue weighted by molar-refractivity contribution is 0.100. The number of carbonyl (C=O) groups is 2. The number of ketones is 2. The van der Waals surface area contributed by atoms with Crippen LogP contribution in [0, 0.1) is 0 Å². The molecule has 0 aliphatic carbocycles. The van der Waals surface area contributed by atoms with Crippen molar-refractivity contribution in [1.82, 2.24) is 0 Å². The highest BCUT2D eigenvalue weighted by atomic mass is 16.3. The smallest absolute Gasteiger partial charge is 0.193 e. The molecule has 0 amide bonds. The Bertz CT molecular complexity index is 1890. The number of fused-ring (bicyclic) bond motifs is 2. The van der Waals surface area contributed by atoms with Gasteiger partial charge in [0.05, 0.1) is 0 Å². The summed E-state index contributed by atoms with van der Waals surface area (Å²) in [5, 5.41) is 3.61. The third-order valence-electron chi connectivity index (χ3n) is 7.44. The molecule has 0 bridgehead atoms. The third-order valence-corrected chi connectivity index (χ3v) is 7.44. The first kappa shape index (κ1) is 24.5. The zero-order valence-electron chi connectivity index (χ0n) is 22.1. The number of hydrogen-bond acceptors (Lipinski definition) is 3. The molecule has 0 radical (unpaired) electrons. The maximum Gasteiger partial charge on any atom is 0.193 e. The molecule has 7 aromatic rings. The maximum atomic E-state index is 13.8. The number of rotatable bonds is 6. The number of carbonyl (C=O) groups excluding carboxylic acids is 2. The molecule has 0 aliphatic heterocycles. The Labute approximate surface area is 237 Å². The van der Waals surface area contributed by atoms with Crippen LogP contribution in [0.2, 0.25) is 0 Å². The minimum Gasteiger partial charge on any atom is -0.455 e. The fourth-order valence-corrected chi connectivity index (χ4v) is 5.41. The Kier molecular flexibility index (Phi) is 6.10. The van der Waals surface area contributed by atoms with Crippen LogP contribution in [0.3, 0.4) is 0 Å². The van der Waals surface area contributed by atoms with Gasteiger partial charge in [-0.25, -0.2) is 0 Å². The fourth-order valence-electron chi connectivity index (χ4n) is 5.41. The number of hydrogen-bond donors (Lipinski definition) is 0. The van der Waals surface area contributed by atoms with E-state index in [9.17, 15) is 9.59 Å². The highest BCUT2D eigenvalue weighted by Crippen LogP contribution is 2.41. The van der Waals surface area contributed by atoms with Gasteiger partial charge in [0.2, 0.25) is 0 Å². The first-order valence-electron chi connectivity index (χ1n) is 13.5. The molecule has 194 valence electrons. The van der Waals surface area contributed by atoms with Crippen LogP contribution < -0.4 is 0 Å². The molecule has 0 spiro atoms. The highest BCUT2D eigenvalue weighted by molar-refractivity contribution is 6.22. The molecule has 3 nitrogen and oxygen atoms in total. The second-order valence-corrected chi connectivity index (χ2v) is 10.0. The van der Waals surface area contributed by atoms with Crippen molar-refractivity contribution in [2.45, 2.75) is 0 Å². The summed E-state index contributed by atoms with van der Waals surface area (Å²) < 4.78 is 6.57. The van der Waals surface area contributed by atoms with Gasteiger partial charge >= 0.3 is 0 Å². The van der Waals surface area contributed by atoms with Crippen LogP contribution in [-0.4, -0.2) is 11.6 Å². The second-order valence-electron chi connectivity index (χ2n) is 10.0. The Balaban J connectivity index is 1.51. The number of benzene rings is 6. The molecule has 0 saturated heterocycles. The van der Waals surface area contributed by atoms with E-state index in [1.807, 2.05) is 109 Å². The lowest BCUT2D eigenvalue weighted by atomic mass is 9.89. The lowest BCUT2D eigenvalue weighted by Gasteiger charge is -2.12. The van der Waals surface area contributed by atoms with E-state index >= 15 is 0 Å². The van der Waals surface area contributed by atoms with Crippen LogP contribution in [0.4, 0.5) is 0 Å². The van der Waals surface area contributed by atoms with Crippen molar-refractivity contribution >= 4 is 33.1 Å². The molecule has 0 saturated carbocycles. The second kappa shape index (κ2) is 10.2. The largest absolute Gasteiger partial charge is 0.455 e. The summed E-state index contributed by atoms with van der Waals surface area (Å²) in [6.07, 6.45) is 0. The third kappa shape index (κ3) is 4.44. The van der Waals surface area contributed by atoms with Gasteiger partial charge in [-0.05, 0) is 35.0 Å². The van der Waals surface area contributed by atoms with Gasteiger partial charge in [-0.2, -0.15) is 0 Å². The number of furan rings is 1. The van der Waals surface area contributed by atoms with Crippen molar-refractivity contribution in [1.29, 1.82) is 0 Å². The maximum absolute atomic E-state index is 13.8. The van der Waals surface area contributed by atoms with E-state index < -0.39 is 0 Å². The van der Waals surface area contributed by atoms with Crippen LogP contribution in [0.1, 0.15) is 31.8 Å². The monoisotopic (exact) mass is 528 g/mol. The van der Waals surface area contributed by atoms with Crippen LogP contribution in [0.25, 0.3) is 44.2 Å². The van der Waals surface area contributed by atoms with Crippen molar-refractivity contribution in [3.63, 3.8) is 0 Å². The van der Waals surface area contributed by atoms with Gasteiger partial charge in [0.25, 0.3) is 0 Å². The molecule has 0 fully saturated rings. The quantitative estimate of drug-likeness (QED) is 0.202. The lowest BCUT2D eigenvalue weighted by Crippen LogP contribution is -2.11. The van der Waals surface area contributed by atoms with Crippen LogP contribution >= 0.6 is 0 Å². The van der Waals surface area contributed by atoms with Crippen molar-refractivity contribution < 1.29 is 14.0 Å². The predicted octanol–water partition coefficient (Wildman–Crippen LogP) is 9.38. The summed E-state index contributed by atoms with van der Waals surface area (Å²) in [6, 6.07) is 46.1. The van der Waals surface area contributed by atoms with Crippen molar-refractivity contribution in [2.75, 3.05) is 0 Å². The molecular weight excluding hydrogens is 504 g/mol. The van der Waals surface area contributed by atoms with E-state index in [-0.39, 0.29) is 11.6 Å². The molecule has 41 heavy (non-hydrogen) atoms. The molecule has 0 N–H and O–H groups in total. The van der Waals surface area contributed by atoms with E-state index in [1.165, 1.54) is 0 Å². The molecule has 0 atom stereocenters. The average molecular weight is 529 g/mol. The Morgan fingerprint density at radius 2 is 0.756 bits per heavy atom. The van der Waals surface area contributed by atoms with Gasteiger partial charge in [-0.1, -0.05) is 121 Å². The van der Waals surface area contributed by atoms with Crippen LogP contribution in [0.15, 0.2) is 150 Å². The van der Waals surface area contributed by atoms with Crippen molar-refractivity contribution in [2.24, 2.45) is 0 Å². The molecule has 7 rings (SSSR count). The molecule has 1 heterocycles. The zero-order chi connectivity index (χ0) is 27.8. The fraction of sp³-hybridized carbons (Fsp3) is 0. The Hall–Kier alpha value is -5.54. The normalized spacial score (nSPS) is 11.1. The van der Waals surface area contributed by atoms with Gasteiger partial charge in [-0.15, -0.1) is 0 Å². The van der Waals surface area contributed by atoms with Gasteiger partial charge in [0, 0.05) is 44.2 Å². The molecule has 0 aliphatic rings. The van der Waals surface area contributed by atoms with E-state index in [1.54, 1.807) is 24.3 Å². The summed E-state index contributed by atoms with van der Waals surface area (Å²) in [5.41, 5.74) is 3.77. The SMILES string of the molecule is O=C(c1ccccc1)c1cc2cc3c(-c4ccccc4)oc(-c4ccccc4)c3cc2cc1C(=O)c1ccccc1. The molecule has 0 unspecified atom stereocenters. The van der Waals surface area contributed by atoms with E-state index in [4.69, 9.17) is 4.42 Å². The first-order valence-corrected chi connectivity index (χ1v) is 13.5. The summed E-state index contributed by atoms with van der Waals surface area (Å²) in [6.45, 7) is 0. The summed E-state index contributed by atoms with van der Waals surface area (Å²) in [7, 11) is 0. The Morgan fingerprint density at radius 1 is 0.415 bits per heavy atom. The highest BCUT2D eigenvalue weighted by Gasteiger charge is 2.23. The van der Waals surface area contributed by atoms with Crippen molar-refractivity contribution in [3.8, 4) is 22.6 Å². The van der Waals surface area contributed by atoms with Gasteiger partial charge in [0.1, 0.15) is 11.5 Å². The van der Waals surface area contributed by atoms with Crippen LogP contribution in [-0.2, 0) is 0 Å². The zero-order valence-corrected chi connectivity index (χ0v) is 22.1. The molecule has 3 heteroatoms. The van der Waals surface area contributed by atoms with Crippen LogP contribution in [0.5, 0.6) is 0 Å². The molecule has 1 aromatic heterocycles. The summed E-state index contributed by atoms with van der Waals surface area (Å²) in [4.78, 5) is 27.6. The minimum absolute atomic E-state index is 0.188. The van der Waals surface area contributed by atoms with Gasteiger partial charge in [0.15, 0.2) is 11.6 Å². The van der Waals surface area contributed by atoms with Gasteiger partial charge in [-0.3, -0.25) is 9.59 Å². The van der Waals surface area contributed by atoms with E-state index in [0.717, 1.165) is 44.2 Å². The molecular formula is C38H24O3. The van der Waals surface area contributed by atoms with Crippen molar-refractivity contribution in [3.05, 3.63) is 168 Å². The Morgan fingerprint density at radius 3 is 1.12 bits per heavy atom. The molecule has 6 aromatic carbocycles.